The molecule has 1 aromatic heterocycles. The van der Waals surface area contributed by atoms with Crippen LogP contribution in [-0.4, -0.2) is 21.5 Å². The molecule has 0 saturated carbocycles. The second-order valence-corrected chi connectivity index (χ2v) is 4.81. The van der Waals surface area contributed by atoms with Crippen LogP contribution in [0.2, 0.25) is 10.0 Å². The monoisotopic (exact) mass is 284 g/mol. The Morgan fingerprint density at radius 1 is 1.17 bits per heavy atom. The third-order valence-electron chi connectivity index (χ3n) is 2.60. The number of hydrogen-bond donors (Lipinski definition) is 1. The van der Waals surface area contributed by atoms with Crippen molar-refractivity contribution in [3.05, 3.63) is 40.1 Å². The van der Waals surface area contributed by atoms with E-state index in [0.717, 1.165) is 30.6 Å². The molecule has 18 heavy (non-hydrogen) atoms. The Morgan fingerprint density at radius 2 is 2.00 bits per heavy atom. The van der Waals surface area contributed by atoms with Gasteiger partial charge in [0.25, 0.3) is 0 Å². The molecule has 0 bridgehead atoms. The molecule has 0 radical (unpaired) electrons. The molecule has 0 aliphatic rings. The van der Waals surface area contributed by atoms with Crippen LogP contribution in [0.15, 0.2) is 24.4 Å². The van der Waals surface area contributed by atoms with Gasteiger partial charge in [-0.2, -0.15) is 0 Å². The van der Waals surface area contributed by atoms with Gasteiger partial charge in [0.2, 0.25) is 0 Å². The van der Waals surface area contributed by atoms with Crippen molar-refractivity contribution < 1.29 is 0 Å². The molecule has 2 aromatic rings. The molecule has 2 rings (SSSR count). The molecule has 1 heterocycles. The molecular weight excluding hydrogens is 271 g/mol. The quantitative estimate of drug-likeness (QED) is 0.859. The summed E-state index contributed by atoms with van der Waals surface area (Å²) in [5.41, 5.74) is 7.25. The summed E-state index contributed by atoms with van der Waals surface area (Å²) in [6, 6.07) is 5.36. The molecule has 0 unspecified atom stereocenters. The van der Waals surface area contributed by atoms with Crippen molar-refractivity contribution in [1.29, 1.82) is 0 Å². The van der Waals surface area contributed by atoms with Gasteiger partial charge in [0.15, 0.2) is 0 Å². The van der Waals surface area contributed by atoms with Gasteiger partial charge in [-0.25, -0.2) is 4.68 Å². The number of nitrogens with zero attached hydrogens (tertiary/aromatic N) is 3. The number of benzene rings is 1. The van der Waals surface area contributed by atoms with Gasteiger partial charge in [-0.15, -0.1) is 5.10 Å². The van der Waals surface area contributed by atoms with Crippen LogP contribution >= 0.6 is 23.2 Å². The smallest absolute Gasteiger partial charge is 0.0831 e. The lowest BCUT2D eigenvalue weighted by Gasteiger charge is -2.01. The minimum Gasteiger partial charge on any atom is -0.330 e. The standard InChI is InChI=1S/C12H14Cl2N4/c13-11-5-4-10(7-12(11)14)18-8-9(16-17-18)3-1-2-6-15/h4-5,7-8H,1-3,6,15H2. The lowest BCUT2D eigenvalue weighted by Crippen LogP contribution is -1.99. The zero-order chi connectivity index (χ0) is 13.0. The van der Waals surface area contributed by atoms with E-state index in [2.05, 4.69) is 10.3 Å². The number of aromatic nitrogens is 3. The second-order valence-electron chi connectivity index (χ2n) is 4.00. The van der Waals surface area contributed by atoms with Gasteiger partial charge in [0.05, 0.1) is 27.6 Å². The van der Waals surface area contributed by atoms with Gasteiger partial charge in [0.1, 0.15) is 0 Å². The molecule has 4 nitrogen and oxygen atoms in total. The minimum atomic E-state index is 0.509. The zero-order valence-corrected chi connectivity index (χ0v) is 11.3. The third kappa shape index (κ3) is 3.22. The molecule has 0 amide bonds. The highest BCUT2D eigenvalue weighted by Gasteiger charge is 2.05. The van der Waals surface area contributed by atoms with Crippen LogP contribution in [-0.2, 0) is 6.42 Å². The summed E-state index contributed by atoms with van der Waals surface area (Å²) in [5.74, 6) is 0. The van der Waals surface area contributed by atoms with Gasteiger partial charge in [-0.3, -0.25) is 0 Å². The first kappa shape index (κ1) is 13.3. The Morgan fingerprint density at radius 3 is 2.72 bits per heavy atom. The van der Waals surface area contributed by atoms with Crippen LogP contribution in [0.3, 0.4) is 0 Å². The number of nitrogens with two attached hydrogens (primary N) is 1. The number of aryl methyl sites for hydroxylation is 1. The van der Waals surface area contributed by atoms with Crippen molar-refractivity contribution in [2.24, 2.45) is 5.73 Å². The van der Waals surface area contributed by atoms with E-state index in [4.69, 9.17) is 28.9 Å². The highest BCUT2D eigenvalue weighted by atomic mass is 35.5. The maximum Gasteiger partial charge on any atom is 0.0831 e. The molecule has 0 aliphatic heterocycles. The average molecular weight is 285 g/mol. The van der Waals surface area contributed by atoms with Crippen LogP contribution < -0.4 is 5.73 Å². The average Bonchev–Trinajstić information content (AvgIpc) is 2.82. The maximum atomic E-state index is 5.97. The van der Waals surface area contributed by atoms with Crippen LogP contribution in [0.4, 0.5) is 0 Å². The fourth-order valence-corrected chi connectivity index (χ4v) is 1.91. The fraction of sp³-hybridized carbons (Fsp3) is 0.333. The fourth-order valence-electron chi connectivity index (χ4n) is 1.62. The summed E-state index contributed by atoms with van der Waals surface area (Å²) in [5, 5.41) is 9.22. The highest BCUT2D eigenvalue weighted by Crippen LogP contribution is 2.24. The van der Waals surface area contributed by atoms with Gasteiger partial charge >= 0.3 is 0 Å². The van der Waals surface area contributed by atoms with Crippen molar-refractivity contribution in [2.75, 3.05) is 6.54 Å². The van der Waals surface area contributed by atoms with Crippen molar-refractivity contribution in [2.45, 2.75) is 19.3 Å². The first-order valence-corrected chi connectivity index (χ1v) is 6.53. The summed E-state index contributed by atoms with van der Waals surface area (Å²) >= 11 is 11.8. The van der Waals surface area contributed by atoms with Crippen molar-refractivity contribution in [1.82, 2.24) is 15.0 Å². The summed E-state index contributed by atoms with van der Waals surface area (Å²) in [7, 11) is 0. The van der Waals surface area contributed by atoms with Crippen LogP contribution in [0.25, 0.3) is 5.69 Å². The van der Waals surface area contributed by atoms with Crippen molar-refractivity contribution in [3.63, 3.8) is 0 Å². The van der Waals surface area contributed by atoms with Crippen molar-refractivity contribution in [3.8, 4) is 5.69 Å². The second kappa shape index (κ2) is 6.18. The van der Waals surface area contributed by atoms with Gasteiger partial charge in [-0.1, -0.05) is 28.4 Å². The maximum absolute atomic E-state index is 5.97. The summed E-state index contributed by atoms with van der Waals surface area (Å²) in [4.78, 5) is 0. The summed E-state index contributed by atoms with van der Waals surface area (Å²) in [6.45, 7) is 0.709. The molecule has 96 valence electrons. The first-order chi connectivity index (χ1) is 8.70. The molecule has 6 heteroatoms. The molecule has 1 aromatic carbocycles. The molecule has 0 aliphatic carbocycles. The number of halogens is 2. The molecule has 0 atom stereocenters. The minimum absolute atomic E-state index is 0.509. The normalized spacial score (nSPS) is 10.8. The van der Waals surface area contributed by atoms with Crippen LogP contribution in [0, 0.1) is 0 Å². The van der Waals surface area contributed by atoms with E-state index in [1.165, 1.54) is 0 Å². The topological polar surface area (TPSA) is 56.7 Å². The van der Waals surface area contributed by atoms with Crippen LogP contribution in [0.5, 0.6) is 0 Å². The number of rotatable bonds is 5. The number of unbranched alkanes of at least 4 members (excludes halogenated alkanes) is 1. The van der Waals surface area contributed by atoms with Gasteiger partial charge < -0.3 is 5.73 Å². The van der Waals surface area contributed by atoms with Gasteiger partial charge in [-0.05, 0) is 44.0 Å². The Balaban J connectivity index is 2.11. The molecule has 0 fully saturated rings. The molecule has 0 spiro atoms. The van der Waals surface area contributed by atoms with E-state index < -0.39 is 0 Å². The Hall–Kier alpha value is -1.10. The third-order valence-corrected chi connectivity index (χ3v) is 3.33. The summed E-state index contributed by atoms with van der Waals surface area (Å²) in [6.07, 6.45) is 4.81. The van der Waals surface area contributed by atoms with Gasteiger partial charge in [0, 0.05) is 0 Å². The molecule has 0 saturated heterocycles. The van der Waals surface area contributed by atoms with E-state index in [9.17, 15) is 0 Å². The van der Waals surface area contributed by atoms with E-state index in [1.54, 1.807) is 16.8 Å². The Labute approximate surface area is 116 Å². The number of hydrogen-bond acceptors (Lipinski definition) is 3. The Kier molecular flexibility index (Phi) is 4.58. The largest absolute Gasteiger partial charge is 0.330 e. The van der Waals surface area contributed by atoms with E-state index in [0.29, 0.717) is 16.6 Å². The predicted octanol–water partition coefficient (Wildman–Crippen LogP) is 2.86. The molecular formula is C12H14Cl2N4. The SMILES string of the molecule is NCCCCc1cn(-c2ccc(Cl)c(Cl)c2)nn1. The van der Waals surface area contributed by atoms with E-state index in [1.807, 2.05) is 12.3 Å². The van der Waals surface area contributed by atoms with E-state index in [-0.39, 0.29) is 0 Å². The lowest BCUT2D eigenvalue weighted by atomic mass is 10.2. The summed E-state index contributed by atoms with van der Waals surface area (Å²) < 4.78 is 1.69. The lowest BCUT2D eigenvalue weighted by molar-refractivity contribution is 0.727. The molecule has 2 N–H and O–H groups in total. The zero-order valence-electron chi connectivity index (χ0n) is 9.81. The highest BCUT2D eigenvalue weighted by molar-refractivity contribution is 6.42. The first-order valence-electron chi connectivity index (χ1n) is 5.77. The predicted molar refractivity (Wildman–Crippen MR) is 73.4 cm³/mol. The Bertz CT molecular complexity index is 525. The van der Waals surface area contributed by atoms with Crippen molar-refractivity contribution >= 4 is 23.2 Å². The van der Waals surface area contributed by atoms with Crippen LogP contribution in [0.1, 0.15) is 18.5 Å². The van der Waals surface area contributed by atoms with E-state index >= 15 is 0 Å².